The Balaban J connectivity index is 1.67. The van der Waals surface area contributed by atoms with E-state index in [1.807, 2.05) is 54.6 Å². The predicted molar refractivity (Wildman–Crippen MR) is 128 cm³/mol. The summed E-state index contributed by atoms with van der Waals surface area (Å²) in [5.74, 6) is -0.587. The summed E-state index contributed by atoms with van der Waals surface area (Å²) in [4.78, 5) is 0. The summed E-state index contributed by atoms with van der Waals surface area (Å²) in [6.45, 7) is 0. The van der Waals surface area contributed by atoms with E-state index in [0.29, 0.717) is 5.02 Å². The van der Waals surface area contributed by atoms with Crippen LogP contribution in [0.2, 0.25) is 5.02 Å². The second-order valence-corrected chi connectivity index (χ2v) is 11.2. The summed E-state index contributed by atoms with van der Waals surface area (Å²) in [6, 6.07) is 17.4. The van der Waals surface area contributed by atoms with Crippen molar-refractivity contribution in [3.05, 3.63) is 65.2 Å². The summed E-state index contributed by atoms with van der Waals surface area (Å²) in [5, 5.41) is 4.13. The molecule has 31 heavy (non-hydrogen) atoms. The first-order chi connectivity index (χ1) is 15.1. The zero-order valence-electron chi connectivity index (χ0n) is 18.0. The minimum atomic E-state index is -3.52. The van der Waals surface area contributed by atoms with Crippen molar-refractivity contribution in [2.75, 3.05) is 5.32 Å². The van der Waals surface area contributed by atoms with Crippen LogP contribution in [0.5, 0.6) is 0 Å². The van der Waals surface area contributed by atoms with Crippen LogP contribution in [-0.4, -0.2) is 12.2 Å². The van der Waals surface area contributed by atoms with Gasteiger partial charge in [0.05, 0.1) is 12.2 Å². The Labute approximate surface area is 191 Å². The summed E-state index contributed by atoms with van der Waals surface area (Å²) in [5.41, 5.74) is 1.75. The van der Waals surface area contributed by atoms with Gasteiger partial charge in [-0.1, -0.05) is 80.5 Å². The van der Waals surface area contributed by atoms with Gasteiger partial charge >= 0.3 is 7.60 Å². The van der Waals surface area contributed by atoms with Crippen LogP contribution in [0.4, 0.5) is 5.69 Å². The van der Waals surface area contributed by atoms with Crippen LogP contribution in [0.25, 0.3) is 0 Å². The van der Waals surface area contributed by atoms with Crippen molar-refractivity contribution in [2.45, 2.75) is 82.2 Å². The Morgan fingerprint density at radius 1 is 0.774 bits per heavy atom. The van der Waals surface area contributed by atoms with Crippen molar-refractivity contribution in [1.82, 2.24) is 0 Å². The highest BCUT2D eigenvalue weighted by Gasteiger charge is 2.42. The third-order valence-electron chi connectivity index (χ3n) is 6.28. The number of benzene rings is 2. The topological polar surface area (TPSA) is 47.6 Å². The summed E-state index contributed by atoms with van der Waals surface area (Å²) < 4.78 is 27.5. The molecule has 1 atom stereocenters. The van der Waals surface area contributed by atoms with Gasteiger partial charge in [-0.2, -0.15) is 0 Å². The lowest BCUT2D eigenvalue weighted by molar-refractivity contribution is 0.0758. The van der Waals surface area contributed by atoms with E-state index < -0.39 is 13.4 Å². The lowest BCUT2D eigenvalue weighted by Crippen LogP contribution is -2.25. The molecule has 0 bridgehead atoms. The highest BCUT2D eigenvalue weighted by atomic mass is 35.5. The molecule has 0 unspecified atom stereocenters. The Bertz CT molecular complexity index is 825. The third-order valence-corrected chi connectivity index (χ3v) is 8.77. The third kappa shape index (κ3) is 6.35. The summed E-state index contributed by atoms with van der Waals surface area (Å²) in [7, 11) is -3.52. The zero-order valence-corrected chi connectivity index (χ0v) is 19.7. The molecule has 0 amide bonds. The highest BCUT2D eigenvalue weighted by Crippen LogP contribution is 2.64. The Morgan fingerprint density at radius 3 is 1.81 bits per heavy atom. The van der Waals surface area contributed by atoms with Gasteiger partial charge in [0.1, 0.15) is 0 Å². The van der Waals surface area contributed by atoms with E-state index in [-0.39, 0.29) is 12.2 Å². The van der Waals surface area contributed by atoms with E-state index in [1.54, 1.807) is 0 Å². The van der Waals surface area contributed by atoms with Crippen molar-refractivity contribution in [3.63, 3.8) is 0 Å². The Morgan fingerprint density at radius 2 is 1.29 bits per heavy atom. The second kappa shape index (κ2) is 11.0. The van der Waals surface area contributed by atoms with E-state index in [1.165, 1.54) is 12.8 Å². The summed E-state index contributed by atoms with van der Waals surface area (Å²) >= 11 is 6.15. The molecule has 2 saturated carbocycles. The smallest absolute Gasteiger partial charge is 0.357 e. The molecule has 0 radical (unpaired) electrons. The van der Waals surface area contributed by atoms with E-state index in [0.717, 1.165) is 62.6 Å². The molecule has 0 aromatic heterocycles. The number of rotatable bonds is 8. The fraction of sp³-hybridized carbons (Fsp3) is 0.520. The largest absolute Gasteiger partial charge is 0.368 e. The van der Waals surface area contributed by atoms with Crippen molar-refractivity contribution < 1.29 is 13.6 Å². The number of hydrogen-bond acceptors (Lipinski definition) is 4. The molecule has 0 aliphatic heterocycles. The quantitative estimate of drug-likeness (QED) is 0.401. The van der Waals surface area contributed by atoms with Gasteiger partial charge < -0.3 is 14.4 Å². The van der Waals surface area contributed by atoms with Crippen molar-refractivity contribution >= 4 is 24.9 Å². The average Bonchev–Trinajstić information content (AvgIpc) is 2.80. The van der Waals surface area contributed by atoms with Crippen LogP contribution in [0.15, 0.2) is 54.6 Å². The Kier molecular flexibility index (Phi) is 8.12. The van der Waals surface area contributed by atoms with Crippen LogP contribution < -0.4 is 5.32 Å². The van der Waals surface area contributed by atoms with Crippen molar-refractivity contribution in [2.24, 2.45) is 0 Å². The van der Waals surface area contributed by atoms with Crippen molar-refractivity contribution in [3.8, 4) is 0 Å². The minimum Gasteiger partial charge on any atom is -0.368 e. The molecule has 2 aliphatic carbocycles. The van der Waals surface area contributed by atoms with Crippen LogP contribution in [0, 0.1) is 0 Å². The number of nitrogens with one attached hydrogen (secondary N) is 1. The van der Waals surface area contributed by atoms with E-state index >= 15 is 0 Å². The molecule has 2 aliphatic rings. The second-order valence-electron chi connectivity index (χ2n) is 8.74. The van der Waals surface area contributed by atoms with Gasteiger partial charge in [-0.05, 0) is 55.5 Å². The Hall–Kier alpha value is -1.32. The van der Waals surface area contributed by atoms with Gasteiger partial charge in [-0.25, -0.2) is 0 Å². The molecule has 2 aromatic rings. The van der Waals surface area contributed by atoms with E-state index in [2.05, 4.69) is 5.32 Å². The lowest BCUT2D eigenvalue weighted by atomic mass is 9.98. The molecular weight excluding hydrogens is 429 g/mol. The molecule has 4 nitrogen and oxygen atoms in total. The van der Waals surface area contributed by atoms with Crippen LogP contribution in [0.3, 0.4) is 0 Å². The molecule has 2 aromatic carbocycles. The minimum absolute atomic E-state index is 0.0180. The van der Waals surface area contributed by atoms with Gasteiger partial charge in [-0.15, -0.1) is 0 Å². The maximum atomic E-state index is 14.6. The van der Waals surface area contributed by atoms with Crippen LogP contribution >= 0.6 is 19.2 Å². The zero-order chi connectivity index (χ0) is 21.5. The standard InChI is InChI=1S/C25H33ClNO3P/c26-21-18-16-20(17-19-21)25(27-22-10-4-1-5-11-22)31(28,29-23-12-6-2-7-13-23)30-24-14-8-3-9-15-24/h1,4-5,10-11,16-19,23-25,27H,2-3,6-9,12-15H2/t25-/m1/s1. The van der Waals surface area contributed by atoms with Crippen molar-refractivity contribution in [1.29, 1.82) is 0 Å². The van der Waals surface area contributed by atoms with Crippen LogP contribution in [0.1, 0.15) is 75.6 Å². The summed E-state index contributed by atoms with van der Waals surface area (Å²) in [6.07, 6.45) is 10.6. The molecule has 0 saturated heterocycles. The lowest BCUT2D eigenvalue weighted by Gasteiger charge is -2.36. The number of anilines is 1. The number of hydrogen-bond donors (Lipinski definition) is 1. The number of para-hydroxylation sites is 1. The van der Waals surface area contributed by atoms with Gasteiger partial charge in [0.25, 0.3) is 0 Å². The molecule has 0 heterocycles. The first-order valence-corrected chi connectivity index (χ1v) is 13.6. The van der Waals surface area contributed by atoms with Crippen LogP contribution in [-0.2, 0) is 13.6 Å². The van der Waals surface area contributed by atoms with Gasteiger partial charge in [-0.3, -0.25) is 4.57 Å². The fourth-order valence-electron chi connectivity index (χ4n) is 4.59. The monoisotopic (exact) mass is 461 g/mol. The number of halogens is 1. The molecule has 0 spiro atoms. The predicted octanol–water partition coefficient (Wildman–Crippen LogP) is 8.34. The highest BCUT2D eigenvalue weighted by molar-refractivity contribution is 7.54. The van der Waals surface area contributed by atoms with Gasteiger partial charge in [0, 0.05) is 10.7 Å². The van der Waals surface area contributed by atoms with E-state index in [9.17, 15) is 4.57 Å². The molecule has 6 heteroatoms. The maximum Gasteiger partial charge on any atom is 0.357 e. The molecular formula is C25H33ClNO3P. The average molecular weight is 462 g/mol. The first kappa shape index (κ1) is 22.9. The van der Waals surface area contributed by atoms with Gasteiger partial charge in [0.15, 0.2) is 5.78 Å². The molecule has 168 valence electrons. The molecule has 1 N–H and O–H groups in total. The van der Waals surface area contributed by atoms with Gasteiger partial charge in [0.2, 0.25) is 0 Å². The SMILES string of the molecule is O=P(OC1CCCCC1)(OC1CCCCC1)[C@@H](Nc1ccccc1)c1ccc(Cl)cc1. The maximum absolute atomic E-state index is 14.6. The first-order valence-electron chi connectivity index (χ1n) is 11.7. The molecule has 4 rings (SSSR count). The fourth-order valence-corrected chi connectivity index (χ4v) is 7.10. The van der Waals surface area contributed by atoms with E-state index in [4.69, 9.17) is 20.6 Å². The molecule has 2 fully saturated rings. The normalized spacial score (nSPS) is 19.8.